The van der Waals surface area contributed by atoms with E-state index in [1.54, 1.807) is 23.5 Å². The molecule has 0 aliphatic carbocycles. The lowest BCUT2D eigenvalue weighted by Crippen LogP contribution is -2.32. The topological polar surface area (TPSA) is 42.2 Å². The van der Waals surface area contributed by atoms with Crippen LogP contribution in [-0.4, -0.2) is 28.2 Å². The van der Waals surface area contributed by atoms with Crippen LogP contribution in [-0.2, 0) is 12.7 Å². The van der Waals surface area contributed by atoms with Crippen LogP contribution in [0.3, 0.4) is 0 Å². The van der Waals surface area contributed by atoms with Crippen LogP contribution in [0, 0.1) is 0 Å². The van der Waals surface area contributed by atoms with Crippen LogP contribution in [0.15, 0.2) is 45.5 Å². The normalized spacial score (nSPS) is 16.7. The molecule has 1 saturated heterocycles. The van der Waals surface area contributed by atoms with E-state index in [1.807, 2.05) is 16.8 Å². The van der Waals surface area contributed by atoms with Gasteiger partial charge in [-0.25, -0.2) is 0 Å². The number of halogens is 3. The van der Waals surface area contributed by atoms with Gasteiger partial charge in [0.25, 0.3) is 0 Å². The number of hydrogen-bond acceptors (Lipinski definition) is 5. The monoisotopic (exact) mass is 393 g/mol. The highest BCUT2D eigenvalue weighted by Gasteiger charge is 2.30. The highest BCUT2D eigenvalue weighted by Crippen LogP contribution is 2.31. The highest BCUT2D eigenvalue weighted by molar-refractivity contribution is 7.08. The van der Waals surface area contributed by atoms with Crippen molar-refractivity contribution in [3.63, 3.8) is 0 Å². The lowest BCUT2D eigenvalue weighted by Gasteiger charge is -2.30. The molecule has 0 bridgehead atoms. The van der Waals surface area contributed by atoms with E-state index in [1.165, 1.54) is 0 Å². The van der Waals surface area contributed by atoms with Gasteiger partial charge in [0, 0.05) is 23.4 Å². The third-order valence-electron chi connectivity index (χ3n) is 4.83. The Balaban J connectivity index is 1.33. The average Bonchev–Trinajstić information content (AvgIpc) is 3.34. The Bertz CT molecular complexity index is 866. The van der Waals surface area contributed by atoms with Crippen LogP contribution < -0.4 is 0 Å². The van der Waals surface area contributed by atoms with Gasteiger partial charge in [0.05, 0.1) is 5.56 Å². The van der Waals surface area contributed by atoms with Gasteiger partial charge in [0.1, 0.15) is 0 Å². The van der Waals surface area contributed by atoms with E-state index >= 15 is 0 Å². The molecule has 0 saturated carbocycles. The van der Waals surface area contributed by atoms with Gasteiger partial charge in [-0.05, 0) is 55.1 Å². The molecule has 27 heavy (non-hydrogen) atoms. The molecule has 0 amide bonds. The molecular weight excluding hydrogens is 375 g/mol. The van der Waals surface area contributed by atoms with Crippen molar-refractivity contribution < 1.29 is 17.6 Å². The van der Waals surface area contributed by atoms with Gasteiger partial charge in [0.15, 0.2) is 0 Å². The third kappa shape index (κ3) is 4.22. The van der Waals surface area contributed by atoms with Crippen LogP contribution >= 0.6 is 11.3 Å². The first-order valence-electron chi connectivity index (χ1n) is 8.73. The SMILES string of the molecule is FC(F)(F)c1ccc(CN2CCC(c3nnc(-c4ccsc4)o3)CC2)cc1. The van der Waals surface area contributed by atoms with Crippen molar-refractivity contribution in [2.75, 3.05) is 13.1 Å². The van der Waals surface area contributed by atoms with Crippen molar-refractivity contribution in [1.29, 1.82) is 0 Å². The Kier molecular flexibility index (Phi) is 5.01. The molecule has 4 rings (SSSR count). The smallest absolute Gasteiger partial charge is 0.416 e. The lowest BCUT2D eigenvalue weighted by atomic mass is 9.96. The standard InChI is InChI=1S/C19H18F3N3OS/c20-19(21,22)16-3-1-13(2-4-16)11-25-8-5-14(6-9-25)17-23-24-18(26-17)15-7-10-27-12-15/h1-4,7,10,12,14H,5-6,8-9,11H2. The highest BCUT2D eigenvalue weighted by atomic mass is 32.1. The minimum Gasteiger partial charge on any atom is -0.420 e. The van der Waals surface area contributed by atoms with E-state index in [2.05, 4.69) is 15.1 Å². The quantitative estimate of drug-likeness (QED) is 0.611. The second-order valence-electron chi connectivity index (χ2n) is 6.70. The molecule has 3 heterocycles. The first-order chi connectivity index (χ1) is 13.0. The Hall–Kier alpha value is -2.19. The summed E-state index contributed by atoms with van der Waals surface area (Å²) in [5.41, 5.74) is 1.22. The fraction of sp³-hybridized carbons (Fsp3) is 0.368. The Morgan fingerprint density at radius 2 is 1.81 bits per heavy atom. The molecule has 1 aliphatic rings. The molecule has 0 spiro atoms. The maximum atomic E-state index is 12.6. The molecule has 0 unspecified atom stereocenters. The summed E-state index contributed by atoms with van der Waals surface area (Å²) >= 11 is 1.59. The molecule has 2 aromatic heterocycles. The van der Waals surface area contributed by atoms with E-state index < -0.39 is 11.7 Å². The van der Waals surface area contributed by atoms with E-state index in [9.17, 15) is 13.2 Å². The zero-order valence-corrected chi connectivity index (χ0v) is 15.3. The Labute approximate surface area is 158 Å². The maximum Gasteiger partial charge on any atom is 0.416 e. The van der Waals surface area contributed by atoms with Crippen LogP contribution in [0.4, 0.5) is 13.2 Å². The summed E-state index contributed by atoms with van der Waals surface area (Å²) in [5.74, 6) is 1.46. The molecule has 1 aromatic carbocycles. The summed E-state index contributed by atoms with van der Waals surface area (Å²) < 4.78 is 43.8. The molecular formula is C19H18F3N3OS. The van der Waals surface area contributed by atoms with Crippen LogP contribution in [0.1, 0.15) is 35.8 Å². The van der Waals surface area contributed by atoms with Crippen LogP contribution in [0.5, 0.6) is 0 Å². The second kappa shape index (κ2) is 7.44. The van der Waals surface area contributed by atoms with Crippen LogP contribution in [0.25, 0.3) is 11.5 Å². The predicted octanol–water partition coefficient (Wildman–Crippen LogP) is 5.20. The number of hydrogen-bond donors (Lipinski definition) is 0. The number of likely N-dealkylation sites (tertiary alicyclic amines) is 1. The number of benzene rings is 1. The van der Waals surface area contributed by atoms with Gasteiger partial charge >= 0.3 is 6.18 Å². The number of alkyl halides is 3. The molecule has 142 valence electrons. The average molecular weight is 393 g/mol. The molecule has 3 aromatic rings. The molecule has 8 heteroatoms. The summed E-state index contributed by atoms with van der Waals surface area (Å²) in [4.78, 5) is 2.25. The summed E-state index contributed by atoms with van der Waals surface area (Å²) in [5, 5.41) is 12.3. The van der Waals surface area contributed by atoms with Gasteiger partial charge in [0.2, 0.25) is 11.8 Å². The fourth-order valence-corrected chi connectivity index (χ4v) is 3.93. The first-order valence-corrected chi connectivity index (χ1v) is 9.68. The van der Waals surface area contributed by atoms with Crippen molar-refractivity contribution in [3.05, 3.63) is 58.1 Å². The predicted molar refractivity (Wildman–Crippen MR) is 96.3 cm³/mol. The Morgan fingerprint density at radius 1 is 1.07 bits per heavy atom. The van der Waals surface area contributed by atoms with Gasteiger partial charge in [-0.15, -0.1) is 10.2 Å². The largest absolute Gasteiger partial charge is 0.420 e. The van der Waals surface area contributed by atoms with E-state index in [0.717, 1.165) is 49.2 Å². The lowest BCUT2D eigenvalue weighted by molar-refractivity contribution is -0.137. The number of nitrogens with zero attached hydrogens (tertiary/aromatic N) is 3. The van der Waals surface area contributed by atoms with Gasteiger partial charge in [-0.2, -0.15) is 24.5 Å². The summed E-state index contributed by atoms with van der Waals surface area (Å²) in [6, 6.07) is 7.35. The molecule has 0 radical (unpaired) electrons. The van der Waals surface area contributed by atoms with Crippen molar-refractivity contribution in [1.82, 2.24) is 15.1 Å². The third-order valence-corrected chi connectivity index (χ3v) is 5.52. The van der Waals surface area contributed by atoms with Gasteiger partial charge < -0.3 is 4.42 Å². The van der Waals surface area contributed by atoms with Crippen molar-refractivity contribution >= 4 is 11.3 Å². The van der Waals surface area contributed by atoms with Crippen molar-refractivity contribution in [3.8, 4) is 11.5 Å². The number of piperidine rings is 1. The molecule has 1 aliphatic heterocycles. The van der Waals surface area contributed by atoms with Crippen molar-refractivity contribution in [2.24, 2.45) is 0 Å². The second-order valence-corrected chi connectivity index (χ2v) is 7.48. The molecule has 4 nitrogen and oxygen atoms in total. The minimum absolute atomic E-state index is 0.230. The van der Waals surface area contributed by atoms with Crippen LogP contribution in [0.2, 0.25) is 0 Å². The zero-order chi connectivity index (χ0) is 18.9. The summed E-state index contributed by atoms with van der Waals surface area (Å²) in [6.45, 7) is 2.35. The number of aromatic nitrogens is 2. The summed E-state index contributed by atoms with van der Waals surface area (Å²) in [7, 11) is 0. The first kappa shape index (κ1) is 18.2. The number of thiophene rings is 1. The zero-order valence-electron chi connectivity index (χ0n) is 14.4. The molecule has 0 atom stereocenters. The summed E-state index contributed by atoms with van der Waals surface area (Å²) in [6.07, 6.45) is -2.50. The number of rotatable bonds is 4. The van der Waals surface area contributed by atoms with Crippen molar-refractivity contribution in [2.45, 2.75) is 31.5 Å². The van der Waals surface area contributed by atoms with Gasteiger partial charge in [-0.1, -0.05) is 12.1 Å². The molecule has 0 N–H and O–H groups in total. The van der Waals surface area contributed by atoms with Gasteiger partial charge in [-0.3, -0.25) is 4.90 Å². The maximum absolute atomic E-state index is 12.6. The fourth-order valence-electron chi connectivity index (χ4n) is 3.30. The van der Waals surface area contributed by atoms with E-state index in [4.69, 9.17) is 4.42 Å². The van der Waals surface area contributed by atoms with E-state index in [-0.39, 0.29) is 5.92 Å². The Morgan fingerprint density at radius 3 is 2.44 bits per heavy atom. The minimum atomic E-state index is -4.29. The molecule has 1 fully saturated rings. The van der Waals surface area contributed by atoms with E-state index in [0.29, 0.717) is 18.3 Å².